The first-order valence-corrected chi connectivity index (χ1v) is 16.6. The van der Waals surface area contributed by atoms with Gasteiger partial charge >= 0.3 is 11.9 Å². The lowest BCUT2D eigenvalue weighted by atomic mass is 10.2. The summed E-state index contributed by atoms with van der Waals surface area (Å²) in [6.45, 7) is 7.49. The third-order valence-corrected chi connectivity index (χ3v) is 8.19. The molecule has 0 radical (unpaired) electrons. The molecule has 52 heavy (non-hydrogen) atoms. The molecule has 5 rings (SSSR count). The number of methoxy groups -OCH3 is 2. The van der Waals surface area contributed by atoms with Gasteiger partial charge in [0.15, 0.2) is 46.3 Å². The van der Waals surface area contributed by atoms with Gasteiger partial charge in [0.05, 0.1) is 37.0 Å². The number of aromatic nitrogens is 10. The van der Waals surface area contributed by atoms with Crippen molar-refractivity contribution in [3.8, 4) is 11.6 Å². The van der Waals surface area contributed by atoms with E-state index in [2.05, 4.69) is 54.5 Å². The molecule has 0 unspecified atom stereocenters. The molecule has 5 aromatic rings. The topological polar surface area (TPSA) is 251 Å². The number of carbonyl (C=O) groups is 2. The van der Waals surface area contributed by atoms with E-state index in [0.717, 1.165) is 25.7 Å². The van der Waals surface area contributed by atoms with Crippen LogP contribution in [0.2, 0.25) is 0 Å². The van der Waals surface area contributed by atoms with Crippen molar-refractivity contribution in [3.05, 3.63) is 46.3 Å². The summed E-state index contributed by atoms with van der Waals surface area (Å²) in [6, 6.07) is 1.63. The lowest BCUT2D eigenvalue weighted by Crippen LogP contribution is -2.09. The molecule has 20 heteroatoms. The fourth-order valence-corrected chi connectivity index (χ4v) is 5.50. The van der Waals surface area contributed by atoms with E-state index in [0.29, 0.717) is 58.6 Å². The van der Waals surface area contributed by atoms with E-state index in [9.17, 15) is 9.59 Å². The van der Waals surface area contributed by atoms with Gasteiger partial charge in [0.25, 0.3) is 0 Å². The summed E-state index contributed by atoms with van der Waals surface area (Å²) >= 11 is 0. The van der Waals surface area contributed by atoms with E-state index in [1.807, 2.05) is 0 Å². The van der Waals surface area contributed by atoms with Gasteiger partial charge < -0.3 is 20.9 Å². The predicted molar refractivity (Wildman–Crippen MR) is 189 cm³/mol. The molecule has 4 N–H and O–H groups in total. The first-order chi connectivity index (χ1) is 24.9. The number of azo groups is 2. The highest BCUT2D eigenvalue weighted by atomic mass is 16.5. The van der Waals surface area contributed by atoms with Crippen LogP contribution in [0.1, 0.15) is 83.0 Å². The van der Waals surface area contributed by atoms with Crippen molar-refractivity contribution in [2.75, 3.05) is 25.7 Å². The monoisotopic (exact) mass is 714 g/mol. The molecule has 0 spiro atoms. The number of unbranched alkanes of at least 4 members (excludes halogenated alkanes) is 2. The lowest BCUT2D eigenvalue weighted by molar-refractivity contribution is 0.0591. The van der Waals surface area contributed by atoms with Crippen LogP contribution in [0.4, 0.5) is 34.6 Å². The molecule has 0 aromatic carbocycles. The van der Waals surface area contributed by atoms with E-state index in [1.54, 1.807) is 34.0 Å². The van der Waals surface area contributed by atoms with Gasteiger partial charge in [0.2, 0.25) is 0 Å². The Balaban J connectivity index is 1.57. The van der Waals surface area contributed by atoms with Crippen molar-refractivity contribution in [1.82, 2.24) is 49.1 Å². The molecule has 0 saturated heterocycles. The van der Waals surface area contributed by atoms with Gasteiger partial charge in [0, 0.05) is 20.2 Å². The highest BCUT2D eigenvalue weighted by Crippen LogP contribution is 2.35. The molecule has 20 nitrogen and oxygen atoms in total. The molecule has 5 aromatic heterocycles. The highest BCUT2D eigenvalue weighted by Gasteiger charge is 2.25. The van der Waals surface area contributed by atoms with E-state index in [4.69, 9.17) is 31.1 Å². The molecule has 0 fully saturated rings. The van der Waals surface area contributed by atoms with Crippen molar-refractivity contribution in [3.63, 3.8) is 0 Å². The quantitative estimate of drug-likeness (QED) is 0.111. The zero-order valence-electron chi connectivity index (χ0n) is 30.4. The van der Waals surface area contributed by atoms with Crippen LogP contribution in [0.25, 0.3) is 11.6 Å². The van der Waals surface area contributed by atoms with Gasteiger partial charge in [0.1, 0.15) is 17.5 Å². The Morgan fingerprint density at radius 3 is 1.46 bits per heavy atom. The van der Waals surface area contributed by atoms with Crippen molar-refractivity contribution in [1.29, 1.82) is 0 Å². The molecule has 0 atom stereocenters. The van der Waals surface area contributed by atoms with E-state index in [1.165, 1.54) is 39.3 Å². The highest BCUT2D eigenvalue weighted by molar-refractivity contribution is 5.95. The van der Waals surface area contributed by atoms with Crippen molar-refractivity contribution in [2.45, 2.75) is 66.2 Å². The summed E-state index contributed by atoms with van der Waals surface area (Å²) in [5.41, 5.74) is 16.4. The van der Waals surface area contributed by atoms with Gasteiger partial charge in [-0.1, -0.05) is 26.7 Å². The summed E-state index contributed by atoms with van der Waals surface area (Å²) in [7, 11) is 5.88. The minimum Gasteiger partial charge on any atom is -0.465 e. The second-order valence-corrected chi connectivity index (χ2v) is 11.8. The fraction of sp³-hybridized carbons (Fsp3) is 0.438. The standard InChI is InChI=1S/C32H42N16O4/c1-9-11-13-19-25(37-39-29-23(31(49)51-7)17(3)41-45(29)5)27(33)47(43-19)21-15-22(36-16-35-21)48-28(34)26(20(44-48)14-12-10-2)38-40-30-24(32(50)52-8)18(4)42-46(30)6/h15-16H,9-14,33-34H2,1-8H3. The maximum absolute atomic E-state index is 12.5. The molecule has 0 bridgehead atoms. The molecule has 5 heterocycles. The average Bonchev–Trinajstić information content (AvgIpc) is 3.81. The van der Waals surface area contributed by atoms with Crippen LogP contribution in [0.5, 0.6) is 0 Å². The second kappa shape index (κ2) is 15.7. The van der Waals surface area contributed by atoms with E-state index < -0.39 is 11.9 Å². The lowest BCUT2D eigenvalue weighted by Gasteiger charge is -2.06. The first kappa shape index (κ1) is 36.9. The minimum atomic E-state index is -0.582. The maximum atomic E-state index is 12.5. The third kappa shape index (κ3) is 7.12. The predicted octanol–water partition coefficient (Wildman–Crippen LogP) is 5.19. The largest absolute Gasteiger partial charge is 0.465 e. The fourth-order valence-electron chi connectivity index (χ4n) is 5.50. The number of nitrogen functional groups attached to an aromatic ring is 2. The molecule has 0 aliphatic carbocycles. The molecular weight excluding hydrogens is 672 g/mol. The Kier molecular flexibility index (Phi) is 11.1. The van der Waals surface area contributed by atoms with Crippen LogP contribution in [-0.4, -0.2) is 75.2 Å². The summed E-state index contributed by atoms with van der Waals surface area (Å²) in [5.74, 6) is 0.216. The van der Waals surface area contributed by atoms with Crippen molar-refractivity contribution >= 4 is 46.6 Å². The number of esters is 2. The molecular formula is C32H42N16O4. The van der Waals surface area contributed by atoms with Gasteiger partial charge in [-0.2, -0.15) is 29.8 Å². The maximum Gasteiger partial charge on any atom is 0.343 e. The van der Waals surface area contributed by atoms with Crippen molar-refractivity contribution in [2.24, 2.45) is 34.6 Å². The smallest absolute Gasteiger partial charge is 0.343 e. The molecule has 0 aliphatic rings. The second-order valence-electron chi connectivity index (χ2n) is 11.8. The van der Waals surface area contributed by atoms with Gasteiger partial charge in [-0.15, -0.1) is 20.5 Å². The Hall–Kier alpha value is -6.34. The van der Waals surface area contributed by atoms with Crippen LogP contribution in [0.3, 0.4) is 0 Å². The number of hydrogen-bond acceptors (Lipinski definition) is 16. The van der Waals surface area contributed by atoms with Crippen LogP contribution in [-0.2, 0) is 36.4 Å². The van der Waals surface area contributed by atoms with Crippen LogP contribution in [0, 0.1) is 13.8 Å². The Bertz CT molecular complexity index is 2020. The van der Waals surface area contributed by atoms with Crippen LogP contribution in [0.15, 0.2) is 32.9 Å². The number of anilines is 2. The Morgan fingerprint density at radius 1 is 0.692 bits per heavy atom. The summed E-state index contributed by atoms with van der Waals surface area (Å²) in [4.78, 5) is 33.8. The van der Waals surface area contributed by atoms with Crippen LogP contribution >= 0.6 is 0 Å². The summed E-state index contributed by atoms with van der Waals surface area (Å²) in [6.07, 6.45) is 5.89. The SMILES string of the molecule is CCCCc1nn(-c2cc(-n3nc(CCCC)c(N=Nc4c(C(=O)OC)c(C)nn4C)c3N)ncn2)c(N)c1N=Nc1c(C(=O)OC)c(C)nn1C. The number of ether oxygens (including phenoxy) is 2. The molecule has 274 valence electrons. The zero-order valence-corrected chi connectivity index (χ0v) is 30.4. The Morgan fingerprint density at radius 2 is 1.10 bits per heavy atom. The van der Waals surface area contributed by atoms with Crippen molar-refractivity contribution < 1.29 is 19.1 Å². The third-order valence-electron chi connectivity index (χ3n) is 8.19. The van der Waals surface area contributed by atoms with Crippen LogP contribution < -0.4 is 11.5 Å². The zero-order chi connectivity index (χ0) is 37.7. The molecule has 0 aliphatic heterocycles. The molecule has 0 amide bonds. The summed E-state index contributed by atoms with van der Waals surface area (Å²) in [5, 5.41) is 35.7. The average molecular weight is 715 g/mol. The van der Waals surface area contributed by atoms with Gasteiger partial charge in [-0.05, 0) is 39.5 Å². The molecule has 0 saturated carbocycles. The number of carbonyl (C=O) groups excluding carboxylic acids is 2. The normalized spacial score (nSPS) is 11.7. The van der Waals surface area contributed by atoms with Gasteiger partial charge in [-0.3, -0.25) is 0 Å². The first-order valence-electron chi connectivity index (χ1n) is 16.6. The minimum absolute atomic E-state index is 0.164. The van der Waals surface area contributed by atoms with E-state index in [-0.39, 0.29) is 34.4 Å². The number of nitrogens with two attached hydrogens (primary N) is 2. The number of rotatable bonds is 14. The summed E-state index contributed by atoms with van der Waals surface area (Å²) < 4.78 is 15.6. The number of aryl methyl sites for hydroxylation is 6. The Labute approximate surface area is 298 Å². The number of nitrogens with zero attached hydrogens (tertiary/aromatic N) is 14. The van der Waals surface area contributed by atoms with Gasteiger partial charge in [-0.25, -0.2) is 28.9 Å². The number of hydrogen-bond donors (Lipinski definition) is 2. The van der Waals surface area contributed by atoms with E-state index >= 15 is 0 Å².